The third kappa shape index (κ3) is 20.1. The van der Waals surface area contributed by atoms with Gasteiger partial charge >= 0.3 is 0 Å². The summed E-state index contributed by atoms with van der Waals surface area (Å²) in [6.07, 6.45) is 6.21. The Morgan fingerprint density at radius 2 is 0.828 bits per heavy atom. The Hall–Kier alpha value is -5.87. The second-order valence-electron chi connectivity index (χ2n) is 3.79. The number of hydrogen-bond donors (Lipinski definition) is 0. The van der Waals surface area contributed by atoms with Crippen LogP contribution >= 0.6 is 0 Å². The number of carbonyl (C=O) groups is 1. The third-order valence-corrected chi connectivity index (χ3v) is 1.90. The second kappa shape index (κ2) is 20.2. The van der Waals surface area contributed by atoms with Crippen LogP contribution in [0.5, 0.6) is 0 Å². The Bertz CT molecular complexity index is 1410. The molecule has 0 aromatic heterocycles. The zero-order valence-corrected chi connectivity index (χ0v) is 15.0. The molecular weight excluding hydrogens is 352 g/mol. The zero-order chi connectivity index (χ0) is 21.3. The molecule has 124 valence electrons. The van der Waals surface area contributed by atoms with Crippen molar-refractivity contribution in [2.24, 2.45) is 0 Å². The van der Waals surface area contributed by atoms with Crippen LogP contribution in [0.3, 0.4) is 0 Å². The lowest BCUT2D eigenvalue weighted by Crippen LogP contribution is -1.86. The first-order chi connectivity index (χ1) is 14.3. The number of carbonyl (C=O) groups excluding carboxylic acids is 1. The van der Waals surface area contributed by atoms with Crippen LogP contribution in [0.1, 0.15) is 6.42 Å². The molecule has 0 aliphatic heterocycles. The van der Waals surface area contributed by atoms with Crippen LogP contribution in [0.4, 0.5) is 0 Å². The lowest BCUT2D eigenvalue weighted by Gasteiger charge is -1.77. The first-order valence-electron chi connectivity index (χ1n) is 7.40. The molecule has 0 unspecified atom stereocenters. The molecule has 0 aromatic carbocycles. The molecule has 0 saturated carbocycles. The van der Waals surface area contributed by atoms with Crippen molar-refractivity contribution in [2.45, 2.75) is 6.42 Å². The molecule has 0 aliphatic carbocycles. The van der Waals surface area contributed by atoms with E-state index in [1.54, 1.807) is 0 Å². The molecule has 0 amide bonds. The number of hydrogen-bond acceptors (Lipinski definition) is 1. The fourth-order valence-electron chi connectivity index (χ4n) is 0.878. The summed E-state index contributed by atoms with van der Waals surface area (Å²) in [5, 5.41) is 0. The largest absolute Gasteiger partial charge is 0.294 e. The van der Waals surface area contributed by atoms with Crippen LogP contribution in [-0.2, 0) is 4.79 Å². The summed E-state index contributed by atoms with van der Waals surface area (Å²) in [6, 6.07) is 0. The van der Waals surface area contributed by atoms with E-state index in [9.17, 15) is 4.79 Å². The maximum Gasteiger partial charge on any atom is 0.166 e. The average Bonchev–Trinajstić information content (AvgIpc) is 2.74. The van der Waals surface area contributed by atoms with Crippen molar-refractivity contribution in [3.05, 3.63) is 12.7 Å². The molecule has 1 heteroatoms. The number of ketones is 1. The Kier molecular flexibility index (Phi) is 16.1. The van der Waals surface area contributed by atoms with E-state index in [2.05, 4.69) is 143 Å². The summed E-state index contributed by atoms with van der Waals surface area (Å²) < 4.78 is 0. The summed E-state index contributed by atoms with van der Waals surface area (Å²) in [4.78, 5) is 10.9. The van der Waals surface area contributed by atoms with Gasteiger partial charge in [-0.1, -0.05) is 12.5 Å². The Labute approximate surface area is 172 Å². The molecule has 0 aliphatic rings. The molecule has 0 fully saturated rings. The highest BCUT2D eigenvalue weighted by Gasteiger charge is 1.86. The highest BCUT2D eigenvalue weighted by Crippen LogP contribution is 1.79. The molecule has 1 nitrogen and oxygen atoms in total. The van der Waals surface area contributed by atoms with Crippen LogP contribution in [0, 0.1) is 143 Å². The minimum absolute atomic E-state index is 0.0898. The van der Waals surface area contributed by atoms with E-state index in [0.29, 0.717) is 0 Å². The van der Waals surface area contributed by atoms with E-state index in [1.165, 1.54) is 6.08 Å². The van der Waals surface area contributed by atoms with Gasteiger partial charge in [-0.15, -0.1) is 6.42 Å². The van der Waals surface area contributed by atoms with Gasteiger partial charge in [0.1, 0.15) is 0 Å². The first-order valence-corrected chi connectivity index (χ1v) is 7.40. The number of allylic oxidation sites excluding steroid dienone is 1. The number of rotatable bonds is 2. The van der Waals surface area contributed by atoms with Crippen molar-refractivity contribution in [3.63, 3.8) is 0 Å². The van der Waals surface area contributed by atoms with E-state index < -0.39 is 0 Å². The molecule has 0 saturated heterocycles. The smallest absolute Gasteiger partial charge is 0.166 e. The second-order valence-corrected chi connectivity index (χ2v) is 3.79. The molecule has 0 radical (unpaired) electrons. The van der Waals surface area contributed by atoms with Crippen LogP contribution in [0.25, 0.3) is 0 Å². The summed E-state index contributed by atoms with van der Waals surface area (Å²) >= 11 is 0. The molecule has 0 N–H and O–H groups in total. The molecule has 0 heterocycles. The predicted octanol–water partition coefficient (Wildman–Crippen LogP) is 0.802. The monoisotopic (exact) mass is 358 g/mol. The fraction of sp³-hybridized carbons (Fsp3) is 0.0357. The summed E-state index contributed by atoms with van der Waals surface area (Å²) in [7, 11) is 0. The van der Waals surface area contributed by atoms with Crippen LogP contribution in [-0.4, -0.2) is 5.78 Å². The van der Waals surface area contributed by atoms with Crippen LogP contribution in [0.15, 0.2) is 12.7 Å². The van der Waals surface area contributed by atoms with Crippen molar-refractivity contribution in [3.8, 4) is 143 Å². The Morgan fingerprint density at radius 3 is 1.10 bits per heavy atom. The number of terminal acetylenes is 1. The van der Waals surface area contributed by atoms with Gasteiger partial charge in [0.05, 0.1) is 6.42 Å². The Balaban J connectivity index is 4.42. The normalized spacial score (nSPS) is 4.66. The summed E-state index contributed by atoms with van der Waals surface area (Å²) in [6.45, 7) is 3.33. The fourth-order valence-corrected chi connectivity index (χ4v) is 0.878. The summed E-state index contributed by atoms with van der Waals surface area (Å²) in [5.41, 5.74) is 0. The maximum atomic E-state index is 10.9. The highest BCUT2D eigenvalue weighted by molar-refractivity contribution is 5.90. The SMILES string of the molecule is C#CC#CC#CC#CC#CC#CC#CC#CC#CC#CC#CC#CCC(=O)C=C. The standard InChI is InChI=1S/C28H6O/c1-3-5-6-7-8-9-10-11-12-13-14-15-16-17-18-19-20-21-22-23-24-25-26-27-28(29)4-2/h1,4H,2,27H2. The Morgan fingerprint density at radius 1 is 0.552 bits per heavy atom. The van der Waals surface area contributed by atoms with Crippen molar-refractivity contribution in [1.82, 2.24) is 0 Å². The van der Waals surface area contributed by atoms with E-state index >= 15 is 0 Å². The lowest BCUT2D eigenvalue weighted by molar-refractivity contribution is -0.113. The van der Waals surface area contributed by atoms with Gasteiger partial charge in [0.15, 0.2) is 5.78 Å². The van der Waals surface area contributed by atoms with Gasteiger partial charge in [-0.05, 0) is 101 Å². The molecule has 0 bridgehead atoms. The zero-order valence-electron chi connectivity index (χ0n) is 15.0. The van der Waals surface area contributed by atoms with Gasteiger partial charge in [0.25, 0.3) is 0 Å². The highest BCUT2D eigenvalue weighted by atomic mass is 16.1. The van der Waals surface area contributed by atoms with Crippen molar-refractivity contribution >= 4 is 5.78 Å². The summed E-state index contributed by atoms with van der Waals surface area (Å²) in [5.74, 6) is 56.3. The van der Waals surface area contributed by atoms with E-state index in [1.807, 2.05) is 0 Å². The van der Waals surface area contributed by atoms with Gasteiger partial charge in [0.2, 0.25) is 0 Å². The first kappa shape index (κ1) is 23.1. The van der Waals surface area contributed by atoms with E-state index in [4.69, 9.17) is 6.42 Å². The molecule has 0 spiro atoms. The maximum absolute atomic E-state index is 10.9. The quantitative estimate of drug-likeness (QED) is 0.527. The lowest BCUT2D eigenvalue weighted by atomic mass is 10.3. The minimum atomic E-state index is -0.156. The molecule has 29 heavy (non-hydrogen) atoms. The van der Waals surface area contributed by atoms with Gasteiger partial charge in [0, 0.05) is 35.5 Å². The predicted molar refractivity (Wildman–Crippen MR) is 114 cm³/mol. The molecular formula is C28H6O. The van der Waals surface area contributed by atoms with Gasteiger partial charge < -0.3 is 0 Å². The molecule has 0 atom stereocenters. The topological polar surface area (TPSA) is 17.1 Å². The van der Waals surface area contributed by atoms with Gasteiger partial charge in [-0.2, -0.15) is 0 Å². The van der Waals surface area contributed by atoms with Crippen molar-refractivity contribution in [1.29, 1.82) is 0 Å². The van der Waals surface area contributed by atoms with Crippen molar-refractivity contribution in [2.75, 3.05) is 0 Å². The third-order valence-electron chi connectivity index (χ3n) is 1.90. The van der Waals surface area contributed by atoms with Crippen LogP contribution in [0.2, 0.25) is 0 Å². The van der Waals surface area contributed by atoms with E-state index in [-0.39, 0.29) is 12.2 Å². The van der Waals surface area contributed by atoms with Crippen molar-refractivity contribution < 1.29 is 4.79 Å². The molecule has 0 rings (SSSR count). The van der Waals surface area contributed by atoms with Gasteiger partial charge in [-0.3, -0.25) is 4.79 Å². The minimum Gasteiger partial charge on any atom is -0.294 e. The van der Waals surface area contributed by atoms with E-state index in [0.717, 1.165) is 0 Å². The van der Waals surface area contributed by atoms with Crippen LogP contribution < -0.4 is 0 Å². The molecule has 0 aromatic rings. The average molecular weight is 358 g/mol. The van der Waals surface area contributed by atoms with Gasteiger partial charge in [-0.25, -0.2) is 0 Å².